The molecule has 2 aliphatic rings. The van der Waals surface area contributed by atoms with Crippen molar-refractivity contribution in [1.29, 1.82) is 0 Å². The smallest absolute Gasteiger partial charge is 0.0153 e. The van der Waals surface area contributed by atoms with Gasteiger partial charge >= 0.3 is 0 Å². The first-order valence-electron chi connectivity index (χ1n) is 7.24. The van der Waals surface area contributed by atoms with Gasteiger partial charge in [0.2, 0.25) is 0 Å². The molecule has 0 saturated heterocycles. The van der Waals surface area contributed by atoms with E-state index in [9.17, 15) is 0 Å². The lowest BCUT2D eigenvalue weighted by Gasteiger charge is -2.35. The van der Waals surface area contributed by atoms with Gasteiger partial charge in [-0.2, -0.15) is 0 Å². The van der Waals surface area contributed by atoms with Gasteiger partial charge in [0.25, 0.3) is 0 Å². The molecule has 1 atom stereocenters. The molecule has 1 saturated carbocycles. The largest absolute Gasteiger partial charge is 0.311 e. The highest BCUT2D eigenvalue weighted by atomic mass is 32.2. The summed E-state index contributed by atoms with van der Waals surface area (Å²) in [6.45, 7) is 3.57. The number of fused-ring (bicyclic) bond motifs is 1. The fourth-order valence-corrected chi connectivity index (χ4v) is 4.53. The van der Waals surface area contributed by atoms with Crippen LogP contribution in [0.2, 0.25) is 0 Å². The zero-order valence-corrected chi connectivity index (χ0v) is 12.1. The molecule has 1 N–H and O–H groups in total. The molecule has 98 valence electrons. The highest BCUT2D eigenvalue weighted by Crippen LogP contribution is 2.39. The summed E-state index contributed by atoms with van der Waals surface area (Å²) in [5.74, 6) is 1.97. The van der Waals surface area contributed by atoms with Gasteiger partial charge in [-0.05, 0) is 31.4 Å². The highest BCUT2D eigenvalue weighted by molar-refractivity contribution is 7.99. The molecule has 1 aliphatic heterocycles. The Morgan fingerprint density at radius 3 is 2.83 bits per heavy atom. The minimum Gasteiger partial charge on any atom is -0.311 e. The van der Waals surface area contributed by atoms with Crippen LogP contribution in [0.1, 0.15) is 50.5 Å². The standard InChI is InChI=1S/C16H23NS/c1-16(9-5-2-6-10-16)17-11-13-12-18-15-8-4-3-7-14(13)15/h3-4,7-8,13,17H,2,5-6,9-12H2,1H3. The zero-order chi connectivity index (χ0) is 12.4. The van der Waals surface area contributed by atoms with Crippen LogP contribution in [-0.4, -0.2) is 17.8 Å². The molecule has 0 bridgehead atoms. The normalized spacial score (nSPS) is 25.9. The van der Waals surface area contributed by atoms with Crippen molar-refractivity contribution in [3.63, 3.8) is 0 Å². The van der Waals surface area contributed by atoms with Crippen molar-refractivity contribution in [1.82, 2.24) is 5.32 Å². The Morgan fingerprint density at radius 1 is 1.22 bits per heavy atom. The third-order valence-corrected chi connectivity index (χ3v) is 5.78. The molecule has 0 amide bonds. The fourth-order valence-electron chi connectivity index (χ4n) is 3.28. The van der Waals surface area contributed by atoms with Crippen molar-refractivity contribution >= 4 is 11.8 Å². The second-order valence-electron chi connectivity index (χ2n) is 6.05. The number of thioether (sulfide) groups is 1. The summed E-state index contributed by atoms with van der Waals surface area (Å²) >= 11 is 2.02. The first kappa shape index (κ1) is 12.6. The quantitative estimate of drug-likeness (QED) is 0.875. The predicted molar refractivity (Wildman–Crippen MR) is 79.4 cm³/mol. The van der Waals surface area contributed by atoms with Gasteiger partial charge in [-0.1, -0.05) is 37.5 Å². The summed E-state index contributed by atoms with van der Waals surface area (Å²) in [7, 11) is 0. The number of nitrogens with one attached hydrogen (secondary N) is 1. The monoisotopic (exact) mass is 261 g/mol. The molecule has 1 fully saturated rings. The molecule has 0 radical (unpaired) electrons. The van der Waals surface area contributed by atoms with E-state index in [-0.39, 0.29) is 0 Å². The average molecular weight is 261 g/mol. The van der Waals surface area contributed by atoms with Crippen LogP contribution in [0.25, 0.3) is 0 Å². The molecule has 2 heteroatoms. The van der Waals surface area contributed by atoms with Gasteiger partial charge in [-0.15, -0.1) is 11.8 Å². The van der Waals surface area contributed by atoms with Crippen LogP contribution in [0, 0.1) is 0 Å². The van der Waals surface area contributed by atoms with Crippen molar-refractivity contribution in [3.8, 4) is 0 Å². The SMILES string of the molecule is CC1(NCC2CSc3ccccc32)CCCCC1. The van der Waals surface area contributed by atoms with Crippen LogP contribution >= 0.6 is 11.8 Å². The zero-order valence-electron chi connectivity index (χ0n) is 11.2. The number of hydrogen-bond donors (Lipinski definition) is 1. The third-order valence-electron chi connectivity index (χ3n) is 4.53. The summed E-state index contributed by atoms with van der Waals surface area (Å²) < 4.78 is 0. The molecule has 1 aliphatic carbocycles. The maximum absolute atomic E-state index is 3.87. The fraction of sp³-hybridized carbons (Fsp3) is 0.625. The minimum atomic E-state index is 0.403. The summed E-state index contributed by atoms with van der Waals surface area (Å²) in [6.07, 6.45) is 6.95. The van der Waals surface area contributed by atoms with E-state index < -0.39 is 0 Å². The van der Waals surface area contributed by atoms with Gasteiger partial charge in [0.05, 0.1) is 0 Å². The van der Waals surface area contributed by atoms with Crippen LogP contribution in [0.4, 0.5) is 0 Å². The number of rotatable bonds is 3. The Labute approximate surface area is 115 Å². The highest BCUT2D eigenvalue weighted by Gasteiger charge is 2.29. The Hall–Kier alpha value is -0.470. The van der Waals surface area contributed by atoms with Crippen molar-refractivity contribution in [2.24, 2.45) is 0 Å². The van der Waals surface area contributed by atoms with E-state index in [2.05, 4.69) is 36.5 Å². The molecule has 0 spiro atoms. The average Bonchev–Trinajstić information content (AvgIpc) is 2.81. The number of benzene rings is 1. The third kappa shape index (κ3) is 2.60. The maximum Gasteiger partial charge on any atom is 0.0153 e. The van der Waals surface area contributed by atoms with Gasteiger partial charge < -0.3 is 5.32 Å². The van der Waals surface area contributed by atoms with Crippen molar-refractivity contribution < 1.29 is 0 Å². The van der Waals surface area contributed by atoms with E-state index in [1.54, 1.807) is 5.56 Å². The lowest BCUT2D eigenvalue weighted by atomic mass is 9.83. The summed E-state index contributed by atoms with van der Waals surface area (Å²) in [5.41, 5.74) is 1.97. The summed E-state index contributed by atoms with van der Waals surface area (Å²) in [5, 5.41) is 3.87. The van der Waals surface area contributed by atoms with Crippen molar-refractivity contribution in [2.75, 3.05) is 12.3 Å². The molecule has 1 aromatic carbocycles. The van der Waals surface area contributed by atoms with Gasteiger partial charge in [0.15, 0.2) is 0 Å². The molecular formula is C16H23NS. The van der Waals surface area contributed by atoms with Gasteiger partial charge in [0.1, 0.15) is 0 Å². The van der Waals surface area contributed by atoms with E-state index in [4.69, 9.17) is 0 Å². The Morgan fingerprint density at radius 2 is 2.00 bits per heavy atom. The van der Waals surface area contributed by atoms with Crippen LogP contribution in [-0.2, 0) is 0 Å². The first-order valence-corrected chi connectivity index (χ1v) is 8.22. The molecule has 1 aromatic rings. The molecule has 1 nitrogen and oxygen atoms in total. The molecule has 0 aromatic heterocycles. The lowest BCUT2D eigenvalue weighted by molar-refractivity contribution is 0.251. The van der Waals surface area contributed by atoms with E-state index >= 15 is 0 Å². The second kappa shape index (κ2) is 5.26. The molecule has 3 rings (SSSR count). The first-order chi connectivity index (χ1) is 8.77. The lowest BCUT2D eigenvalue weighted by Crippen LogP contribution is -2.45. The van der Waals surface area contributed by atoms with Gasteiger partial charge in [0, 0.05) is 28.6 Å². The second-order valence-corrected chi connectivity index (χ2v) is 7.11. The Balaban J connectivity index is 1.61. The van der Waals surface area contributed by atoms with Crippen LogP contribution in [0.15, 0.2) is 29.2 Å². The van der Waals surface area contributed by atoms with Gasteiger partial charge in [-0.25, -0.2) is 0 Å². The van der Waals surface area contributed by atoms with E-state index in [0.29, 0.717) is 11.5 Å². The van der Waals surface area contributed by atoms with Crippen LogP contribution in [0.3, 0.4) is 0 Å². The maximum atomic E-state index is 3.87. The molecule has 18 heavy (non-hydrogen) atoms. The Bertz CT molecular complexity index is 409. The van der Waals surface area contributed by atoms with E-state index in [1.807, 2.05) is 11.8 Å². The Kier molecular flexibility index (Phi) is 3.67. The molecule has 1 heterocycles. The molecule has 1 unspecified atom stereocenters. The van der Waals surface area contributed by atoms with E-state index in [0.717, 1.165) is 6.54 Å². The van der Waals surface area contributed by atoms with Crippen molar-refractivity contribution in [2.45, 2.75) is 55.4 Å². The number of hydrogen-bond acceptors (Lipinski definition) is 2. The predicted octanol–water partition coefficient (Wildman–Crippen LogP) is 4.19. The summed E-state index contributed by atoms with van der Waals surface area (Å²) in [6, 6.07) is 8.91. The molecular weight excluding hydrogens is 238 g/mol. The van der Waals surface area contributed by atoms with Crippen LogP contribution < -0.4 is 5.32 Å². The van der Waals surface area contributed by atoms with E-state index in [1.165, 1.54) is 42.8 Å². The van der Waals surface area contributed by atoms with Crippen LogP contribution in [0.5, 0.6) is 0 Å². The minimum absolute atomic E-state index is 0.403. The summed E-state index contributed by atoms with van der Waals surface area (Å²) in [4.78, 5) is 1.50. The van der Waals surface area contributed by atoms with Gasteiger partial charge in [-0.3, -0.25) is 0 Å². The topological polar surface area (TPSA) is 12.0 Å². The van der Waals surface area contributed by atoms with Crippen molar-refractivity contribution in [3.05, 3.63) is 29.8 Å².